The van der Waals surface area contributed by atoms with Crippen molar-refractivity contribution in [1.82, 2.24) is 25.2 Å². The normalized spacial score (nSPS) is 17.3. The highest BCUT2D eigenvalue weighted by atomic mass is 16.5. The van der Waals surface area contributed by atoms with E-state index < -0.39 is 0 Å². The van der Waals surface area contributed by atoms with Crippen LogP contribution in [0.5, 0.6) is 11.5 Å². The van der Waals surface area contributed by atoms with Gasteiger partial charge in [-0.15, -0.1) is 5.10 Å². The van der Waals surface area contributed by atoms with Gasteiger partial charge in [-0.25, -0.2) is 9.67 Å². The summed E-state index contributed by atoms with van der Waals surface area (Å²) in [5, 5.41) is 12.7. The van der Waals surface area contributed by atoms with Crippen LogP contribution in [0.15, 0.2) is 18.2 Å². The molecule has 27 heavy (non-hydrogen) atoms. The summed E-state index contributed by atoms with van der Waals surface area (Å²) >= 11 is 0. The number of hydrogen-bond acceptors (Lipinski definition) is 8. The second kappa shape index (κ2) is 6.99. The van der Waals surface area contributed by atoms with Crippen molar-refractivity contribution < 1.29 is 14.2 Å². The number of anilines is 1. The molecule has 3 heterocycles. The van der Waals surface area contributed by atoms with Gasteiger partial charge in [-0.2, -0.15) is 0 Å². The minimum atomic E-state index is -0.193. The zero-order chi connectivity index (χ0) is 19.0. The smallest absolute Gasteiger partial charge is 0.181 e. The van der Waals surface area contributed by atoms with Crippen molar-refractivity contribution in [3.63, 3.8) is 0 Å². The molecule has 1 aromatic carbocycles. The van der Waals surface area contributed by atoms with Gasteiger partial charge in [0.2, 0.25) is 0 Å². The number of fused-ring (bicyclic) bond motifs is 1. The summed E-state index contributed by atoms with van der Waals surface area (Å²) in [7, 11) is 5.08. The van der Waals surface area contributed by atoms with Crippen molar-refractivity contribution in [2.45, 2.75) is 13.0 Å². The molecule has 0 amide bonds. The first-order valence-electron chi connectivity index (χ1n) is 8.73. The predicted molar refractivity (Wildman–Crippen MR) is 99.3 cm³/mol. The van der Waals surface area contributed by atoms with E-state index in [1.165, 1.54) is 0 Å². The molecule has 1 atom stereocenters. The minimum absolute atomic E-state index is 0.193. The zero-order valence-electron chi connectivity index (χ0n) is 15.8. The highest BCUT2D eigenvalue weighted by Gasteiger charge is 2.27. The average Bonchev–Trinajstić information content (AvgIpc) is 3.13. The summed E-state index contributed by atoms with van der Waals surface area (Å²) in [4.78, 5) is 7.06. The van der Waals surface area contributed by atoms with E-state index in [1.54, 1.807) is 18.9 Å². The number of methoxy groups -OCH3 is 2. The molecule has 0 saturated carbocycles. The maximum absolute atomic E-state index is 5.87. The molecule has 2 aromatic heterocycles. The SMILES string of the molecule is COc1cc2nc(N3CCOC(c4nnnn4C)C3)cc(C)c2cc1OC. The Kier molecular flexibility index (Phi) is 4.53. The van der Waals surface area contributed by atoms with Gasteiger partial charge in [0.25, 0.3) is 0 Å². The maximum Gasteiger partial charge on any atom is 0.181 e. The van der Waals surface area contributed by atoms with E-state index >= 15 is 0 Å². The van der Waals surface area contributed by atoms with Crippen molar-refractivity contribution in [2.75, 3.05) is 38.8 Å². The fourth-order valence-electron chi connectivity index (χ4n) is 3.39. The Morgan fingerprint density at radius 1 is 1.15 bits per heavy atom. The van der Waals surface area contributed by atoms with Gasteiger partial charge in [0.15, 0.2) is 17.3 Å². The Balaban J connectivity index is 1.69. The summed E-state index contributed by atoms with van der Waals surface area (Å²) in [5.74, 6) is 2.97. The molecular weight excluding hydrogens is 348 g/mol. The van der Waals surface area contributed by atoms with Crippen LogP contribution < -0.4 is 14.4 Å². The number of hydrogen-bond donors (Lipinski definition) is 0. The summed E-state index contributed by atoms with van der Waals surface area (Å²) in [6.07, 6.45) is -0.193. The second-order valence-corrected chi connectivity index (χ2v) is 6.49. The molecular formula is C18H22N6O3. The predicted octanol–water partition coefficient (Wildman–Crippen LogP) is 1.66. The van der Waals surface area contributed by atoms with E-state index in [0.717, 1.165) is 28.8 Å². The number of ether oxygens (including phenoxy) is 3. The van der Waals surface area contributed by atoms with Crippen LogP contribution in [0.2, 0.25) is 0 Å². The second-order valence-electron chi connectivity index (χ2n) is 6.49. The largest absolute Gasteiger partial charge is 0.493 e. The lowest BCUT2D eigenvalue weighted by atomic mass is 10.1. The van der Waals surface area contributed by atoms with Crippen LogP contribution in [0.4, 0.5) is 5.82 Å². The molecule has 9 heteroatoms. The maximum atomic E-state index is 5.87. The summed E-state index contributed by atoms with van der Waals surface area (Å²) in [6.45, 7) is 4.05. The van der Waals surface area contributed by atoms with E-state index in [4.69, 9.17) is 19.2 Å². The fraction of sp³-hybridized carbons (Fsp3) is 0.444. The quantitative estimate of drug-likeness (QED) is 0.685. The van der Waals surface area contributed by atoms with Gasteiger partial charge in [-0.1, -0.05) is 0 Å². The molecule has 0 radical (unpaired) electrons. The third kappa shape index (κ3) is 3.14. The lowest BCUT2D eigenvalue weighted by Gasteiger charge is -2.33. The molecule has 0 N–H and O–H groups in total. The number of morpholine rings is 1. The number of benzene rings is 1. The fourth-order valence-corrected chi connectivity index (χ4v) is 3.39. The van der Waals surface area contributed by atoms with Crippen molar-refractivity contribution in [1.29, 1.82) is 0 Å². The van der Waals surface area contributed by atoms with Gasteiger partial charge in [0, 0.05) is 25.0 Å². The number of aryl methyl sites for hydroxylation is 2. The molecule has 1 aliphatic heterocycles. The first-order chi connectivity index (χ1) is 13.1. The van der Waals surface area contributed by atoms with Crippen LogP contribution in [0, 0.1) is 6.92 Å². The molecule has 1 fully saturated rings. The molecule has 142 valence electrons. The Bertz CT molecular complexity index is 973. The van der Waals surface area contributed by atoms with Gasteiger partial charge in [-0.3, -0.25) is 0 Å². The van der Waals surface area contributed by atoms with Crippen molar-refractivity contribution in [3.8, 4) is 11.5 Å². The molecule has 0 bridgehead atoms. The Hall–Kier alpha value is -2.94. The van der Waals surface area contributed by atoms with E-state index in [-0.39, 0.29) is 6.10 Å². The Morgan fingerprint density at radius 3 is 2.63 bits per heavy atom. The van der Waals surface area contributed by atoms with Crippen LogP contribution in [0.1, 0.15) is 17.5 Å². The number of nitrogens with zero attached hydrogens (tertiary/aromatic N) is 6. The third-order valence-corrected chi connectivity index (χ3v) is 4.84. The molecule has 3 aromatic rings. The van der Waals surface area contributed by atoms with Crippen molar-refractivity contribution >= 4 is 16.7 Å². The molecule has 4 rings (SSSR count). The lowest BCUT2D eigenvalue weighted by Crippen LogP contribution is -2.39. The topological polar surface area (TPSA) is 87.4 Å². The van der Waals surface area contributed by atoms with E-state index in [1.807, 2.05) is 19.2 Å². The average molecular weight is 370 g/mol. The lowest BCUT2D eigenvalue weighted by molar-refractivity contribution is 0.0314. The van der Waals surface area contributed by atoms with Gasteiger partial charge < -0.3 is 19.1 Å². The van der Waals surface area contributed by atoms with Crippen LogP contribution in [0.25, 0.3) is 10.9 Å². The van der Waals surface area contributed by atoms with E-state index in [0.29, 0.717) is 30.5 Å². The highest BCUT2D eigenvalue weighted by molar-refractivity contribution is 5.87. The van der Waals surface area contributed by atoms with E-state index in [9.17, 15) is 0 Å². The molecule has 9 nitrogen and oxygen atoms in total. The third-order valence-electron chi connectivity index (χ3n) is 4.84. The first-order valence-corrected chi connectivity index (χ1v) is 8.73. The number of rotatable bonds is 4. The van der Waals surface area contributed by atoms with Gasteiger partial charge in [0.05, 0.1) is 32.9 Å². The monoisotopic (exact) mass is 370 g/mol. The van der Waals surface area contributed by atoms with Crippen LogP contribution in [-0.4, -0.2) is 59.1 Å². The molecule has 0 spiro atoms. The number of pyridine rings is 1. The zero-order valence-corrected chi connectivity index (χ0v) is 15.8. The standard InChI is InChI=1S/C18H22N6O3/c1-11-7-17(19-13-9-15(26-4)14(25-3)8-12(11)13)24-5-6-27-16(10-24)18-20-21-22-23(18)2/h7-9,16H,5-6,10H2,1-4H3. The van der Waals surface area contributed by atoms with Crippen LogP contribution >= 0.6 is 0 Å². The van der Waals surface area contributed by atoms with Gasteiger partial charge in [-0.05, 0) is 35.0 Å². The Labute approximate surface area is 156 Å². The summed E-state index contributed by atoms with van der Waals surface area (Å²) in [6, 6.07) is 5.97. The Morgan fingerprint density at radius 2 is 1.93 bits per heavy atom. The van der Waals surface area contributed by atoms with E-state index in [2.05, 4.69) is 33.4 Å². The first kappa shape index (κ1) is 17.5. The molecule has 0 aliphatic carbocycles. The number of tetrazole rings is 1. The van der Waals surface area contributed by atoms with Gasteiger partial charge in [0.1, 0.15) is 11.9 Å². The van der Waals surface area contributed by atoms with Gasteiger partial charge >= 0.3 is 0 Å². The highest BCUT2D eigenvalue weighted by Crippen LogP contribution is 2.34. The molecule has 1 saturated heterocycles. The molecule has 1 unspecified atom stereocenters. The molecule has 1 aliphatic rings. The van der Waals surface area contributed by atoms with Crippen molar-refractivity contribution in [3.05, 3.63) is 29.6 Å². The van der Waals surface area contributed by atoms with Crippen LogP contribution in [0.3, 0.4) is 0 Å². The number of aromatic nitrogens is 5. The van der Waals surface area contributed by atoms with Crippen LogP contribution in [-0.2, 0) is 11.8 Å². The minimum Gasteiger partial charge on any atom is -0.493 e. The summed E-state index contributed by atoms with van der Waals surface area (Å²) < 4.78 is 18.4. The van der Waals surface area contributed by atoms with Crippen molar-refractivity contribution in [2.24, 2.45) is 7.05 Å². The summed E-state index contributed by atoms with van der Waals surface area (Å²) in [5.41, 5.74) is 1.99.